The number of halogens is 4. The van der Waals surface area contributed by atoms with Gasteiger partial charge in [-0.15, -0.1) is 0 Å². The van der Waals surface area contributed by atoms with E-state index in [-0.39, 0.29) is 16.8 Å². The second-order valence-corrected chi connectivity index (χ2v) is 8.24. The van der Waals surface area contributed by atoms with Crippen LogP contribution in [0.5, 0.6) is 0 Å². The van der Waals surface area contributed by atoms with Gasteiger partial charge in [-0.1, -0.05) is 23.7 Å². The van der Waals surface area contributed by atoms with Gasteiger partial charge in [0.15, 0.2) is 5.82 Å². The summed E-state index contributed by atoms with van der Waals surface area (Å²) in [4.78, 5) is 26.5. The Labute approximate surface area is 190 Å². The van der Waals surface area contributed by atoms with Crippen molar-refractivity contribution in [3.8, 4) is 5.82 Å². The van der Waals surface area contributed by atoms with Gasteiger partial charge < -0.3 is 9.88 Å². The first-order chi connectivity index (χ1) is 15.8. The molecule has 1 aromatic carbocycles. The molecule has 1 aliphatic heterocycles. The third-order valence-electron chi connectivity index (χ3n) is 5.82. The molecular formula is C22H18ClF3N6O. The number of nitrogens with one attached hydrogen (secondary N) is 1. The van der Waals surface area contributed by atoms with Crippen LogP contribution in [-0.4, -0.2) is 37.8 Å². The third-order valence-corrected chi connectivity index (χ3v) is 6.18. The van der Waals surface area contributed by atoms with Gasteiger partial charge >= 0.3 is 6.18 Å². The summed E-state index contributed by atoms with van der Waals surface area (Å²) in [6, 6.07) is 9.81. The first-order valence-electron chi connectivity index (χ1n) is 10.3. The standard InChI is InChI=1S/C22H18ClF3N6O/c23-19-17(12-28-32(21(19)33)18-6-5-14(11-27-18)22(24,25)26)31-9-7-13(8-10-31)20-29-15-3-1-2-4-16(15)30-20/h1-6,11-13H,7-10H2,(H,29,30). The highest BCUT2D eigenvalue weighted by Crippen LogP contribution is 2.32. The van der Waals surface area contributed by atoms with Gasteiger partial charge in [0.2, 0.25) is 0 Å². The van der Waals surface area contributed by atoms with Crippen LogP contribution in [0.1, 0.15) is 30.1 Å². The second kappa shape index (κ2) is 8.18. The number of aromatic amines is 1. The topological polar surface area (TPSA) is 79.7 Å². The molecule has 7 nitrogen and oxygen atoms in total. The lowest BCUT2D eigenvalue weighted by molar-refractivity contribution is -0.137. The van der Waals surface area contributed by atoms with E-state index in [4.69, 9.17) is 11.6 Å². The van der Waals surface area contributed by atoms with E-state index in [0.717, 1.165) is 46.5 Å². The number of hydrogen-bond donors (Lipinski definition) is 1. The molecular weight excluding hydrogens is 457 g/mol. The number of piperidine rings is 1. The van der Waals surface area contributed by atoms with Crippen LogP contribution in [0.3, 0.4) is 0 Å². The SMILES string of the molecule is O=c1c(Cl)c(N2CCC(c3nc4ccccc4[nH]3)CC2)cnn1-c1ccc(C(F)(F)F)cn1. The van der Waals surface area contributed by atoms with Crippen LogP contribution in [0.15, 0.2) is 53.6 Å². The maximum atomic E-state index is 12.8. The highest BCUT2D eigenvalue weighted by atomic mass is 35.5. The predicted molar refractivity (Wildman–Crippen MR) is 118 cm³/mol. The number of fused-ring (bicyclic) bond motifs is 1. The van der Waals surface area contributed by atoms with Gasteiger partial charge in [-0.2, -0.15) is 23.0 Å². The van der Waals surface area contributed by atoms with E-state index < -0.39 is 17.3 Å². The van der Waals surface area contributed by atoms with Crippen LogP contribution in [0.2, 0.25) is 5.02 Å². The molecule has 0 atom stereocenters. The number of pyridine rings is 1. The number of imidazole rings is 1. The lowest BCUT2D eigenvalue weighted by Crippen LogP contribution is -2.35. The molecule has 0 spiro atoms. The van der Waals surface area contributed by atoms with Gasteiger partial charge in [0.05, 0.1) is 28.5 Å². The molecule has 1 saturated heterocycles. The zero-order valence-corrected chi connectivity index (χ0v) is 17.9. The average molecular weight is 475 g/mol. The molecule has 33 heavy (non-hydrogen) atoms. The van der Waals surface area contributed by atoms with Gasteiger partial charge in [-0.3, -0.25) is 4.79 Å². The quantitative estimate of drug-likeness (QED) is 0.471. The van der Waals surface area contributed by atoms with Crippen molar-refractivity contribution in [2.45, 2.75) is 24.9 Å². The smallest absolute Gasteiger partial charge is 0.369 e. The number of rotatable bonds is 3. The lowest BCUT2D eigenvalue weighted by atomic mass is 9.96. The first-order valence-corrected chi connectivity index (χ1v) is 10.7. The average Bonchev–Trinajstić information content (AvgIpc) is 3.25. The summed E-state index contributed by atoms with van der Waals surface area (Å²) >= 11 is 6.35. The van der Waals surface area contributed by atoms with E-state index in [1.165, 1.54) is 6.20 Å². The molecule has 0 unspecified atom stereocenters. The number of nitrogens with zero attached hydrogens (tertiary/aromatic N) is 5. The lowest BCUT2D eigenvalue weighted by Gasteiger charge is -2.33. The van der Waals surface area contributed by atoms with Crippen LogP contribution in [-0.2, 0) is 6.18 Å². The minimum atomic E-state index is -4.51. The fraction of sp³-hybridized carbons (Fsp3) is 0.273. The molecule has 3 aromatic heterocycles. The fourth-order valence-corrected chi connectivity index (χ4v) is 4.29. The molecule has 170 valence electrons. The molecule has 11 heteroatoms. The highest BCUT2D eigenvalue weighted by Gasteiger charge is 2.31. The fourth-order valence-electron chi connectivity index (χ4n) is 4.05. The van der Waals surface area contributed by atoms with Gasteiger partial charge in [-0.05, 0) is 37.1 Å². The number of alkyl halides is 3. The summed E-state index contributed by atoms with van der Waals surface area (Å²) in [7, 11) is 0. The molecule has 0 aliphatic carbocycles. The molecule has 1 N–H and O–H groups in total. The van der Waals surface area contributed by atoms with Gasteiger partial charge in [0.1, 0.15) is 10.8 Å². The van der Waals surface area contributed by atoms with Crippen molar-refractivity contribution >= 4 is 28.3 Å². The summed E-state index contributed by atoms with van der Waals surface area (Å²) in [5.41, 5.74) is 0.883. The van der Waals surface area contributed by atoms with E-state index in [2.05, 4.69) is 20.1 Å². The molecule has 4 heterocycles. The largest absolute Gasteiger partial charge is 0.417 e. The number of anilines is 1. The number of hydrogen-bond acceptors (Lipinski definition) is 5. The summed E-state index contributed by atoms with van der Waals surface area (Å²) in [5.74, 6) is 1.17. The third kappa shape index (κ3) is 4.06. The Morgan fingerprint density at radius 2 is 1.82 bits per heavy atom. The Balaban J connectivity index is 1.33. The normalized spacial score (nSPS) is 15.3. The van der Waals surface area contributed by atoms with E-state index in [0.29, 0.717) is 25.0 Å². The minimum absolute atomic E-state index is 0.0370. The summed E-state index contributed by atoms with van der Waals surface area (Å²) in [6.45, 7) is 1.32. The van der Waals surface area contributed by atoms with Crippen molar-refractivity contribution in [2.75, 3.05) is 18.0 Å². The van der Waals surface area contributed by atoms with Crippen molar-refractivity contribution in [1.29, 1.82) is 0 Å². The number of aromatic nitrogens is 5. The van der Waals surface area contributed by atoms with Crippen molar-refractivity contribution in [2.24, 2.45) is 0 Å². The Hall–Kier alpha value is -3.40. The second-order valence-electron chi connectivity index (χ2n) is 7.86. The maximum Gasteiger partial charge on any atom is 0.417 e. The molecule has 1 fully saturated rings. The summed E-state index contributed by atoms with van der Waals surface area (Å²) < 4.78 is 39.2. The van der Waals surface area contributed by atoms with Crippen LogP contribution in [0.25, 0.3) is 16.9 Å². The summed E-state index contributed by atoms with van der Waals surface area (Å²) in [6.07, 6.45) is -0.766. The van der Waals surface area contributed by atoms with E-state index >= 15 is 0 Å². The number of H-pyrrole nitrogens is 1. The molecule has 0 amide bonds. The zero-order chi connectivity index (χ0) is 23.2. The Kier molecular flexibility index (Phi) is 5.32. The van der Waals surface area contributed by atoms with Crippen LogP contribution in [0, 0.1) is 0 Å². The van der Waals surface area contributed by atoms with Crippen molar-refractivity contribution in [3.63, 3.8) is 0 Å². The van der Waals surface area contributed by atoms with Crippen LogP contribution < -0.4 is 10.5 Å². The Morgan fingerprint density at radius 3 is 2.48 bits per heavy atom. The van der Waals surface area contributed by atoms with E-state index in [9.17, 15) is 18.0 Å². The Bertz CT molecular complexity index is 1320. The molecule has 0 radical (unpaired) electrons. The van der Waals surface area contributed by atoms with Gasteiger partial charge in [0, 0.05) is 25.2 Å². The molecule has 1 aliphatic rings. The van der Waals surface area contributed by atoms with Crippen molar-refractivity contribution in [1.82, 2.24) is 24.7 Å². The zero-order valence-electron chi connectivity index (χ0n) is 17.2. The molecule has 4 aromatic rings. The summed E-state index contributed by atoms with van der Waals surface area (Å²) in [5, 5.41) is 4.05. The van der Waals surface area contributed by atoms with Gasteiger partial charge in [0.25, 0.3) is 5.56 Å². The maximum absolute atomic E-state index is 12.8. The van der Waals surface area contributed by atoms with Crippen LogP contribution >= 0.6 is 11.6 Å². The predicted octanol–water partition coefficient (Wildman–Crippen LogP) is 4.56. The van der Waals surface area contributed by atoms with E-state index in [1.54, 1.807) is 0 Å². The van der Waals surface area contributed by atoms with Crippen molar-refractivity contribution in [3.05, 3.63) is 75.6 Å². The first kappa shape index (κ1) is 21.4. The molecule has 5 rings (SSSR count). The number of para-hydroxylation sites is 2. The molecule has 0 bridgehead atoms. The van der Waals surface area contributed by atoms with Crippen molar-refractivity contribution < 1.29 is 13.2 Å². The highest BCUT2D eigenvalue weighted by molar-refractivity contribution is 6.33. The molecule has 0 saturated carbocycles. The number of benzene rings is 1. The van der Waals surface area contributed by atoms with E-state index in [1.807, 2.05) is 29.2 Å². The van der Waals surface area contributed by atoms with Crippen LogP contribution in [0.4, 0.5) is 18.9 Å². The monoisotopic (exact) mass is 474 g/mol. The van der Waals surface area contributed by atoms with Gasteiger partial charge in [-0.25, -0.2) is 9.97 Å². The minimum Gasteiger partial charge on any atom is -0.369 e. The Morgan fingerprint density at radius 1 is 1.06 bits per heavy atom.